The van der Waals surface area contributed by atoms with Gasteiger partial charge < -0.3 is 20.3 Å². The molecule has 1 fully saturated rings. The molecule has 1 unspecified atom stereocenters. The van der Waals surface area contributed by atoms with Gasteiger partial charge in [0.05, 0.1) is 17.1 Å². The second kappa shape index (κ2) is 10.7. The number of nitrogens with one attached hydrogen (secondary N) is 3. The number of carbonyl (C=O) groups excluding carboxylic acids is 3. The van der Waals surface area contributed by atoms with Crippen molar-refractivity contribution in [2.45, 2.75) is 31.5 Å². The van der Waals surface area contributed by atoms with Gasteiger partial charge in [-0.05, 0) is 36.8 Å². The van der Waals surface area contributed by atoms with Crippen LogP contribution in [0, 0.1) is 6.92 Å². The topological polar surface area (TPSA) is 115 Å². The van der Waals surface area contributed by atoms with E-state index in [4.69, 9.17) is 9.73 Å². The molecule has 3 aliphatic rings. The second-order valence-electron chi connectivity index (χ2n) is 10.7. The number of fused-ring (bicyclic) bond motifs is 3. The van der Waals surface area contributed by atoms with E-state index in [-0.39, 0.29) is 5.91 Å². The van der Waals surface area contributed by atoms with Crippen LogP contribution in [-0.4, -0.2) is 61.5 Å². The number of benzodiazepines with no additional fused rings is 1. The summed E-state index contributed by atoms with van der Waals surface area (Å²) in [6.07, 6.45) is -0.267. The number of carbonyl (C=O) groups is 3. The van der Waals surface area contributed by atoms with Gasteiger partial charge in [0, 0.05) is 56.3 Å². The zero-order valence-corrected chi connectivity index (χ0v) is 23.0. The van der Waals surface area contributed by atoms with Crippen molar-refractivity contribution in [1.29, 1.82) is 0 Å². The first-order valence-corrected chi connectivity index (χ1v) is 13.7. The molecular formula is C31H32N6O4. The highest BCUT2D eigenvalue weighted by Gasteiger charge is 2.44. The number of hydrogen-bond acceptors (Lipinski definition) is 6. The molecule has 0 radical (unpaired) electrons. The smallest absolute Gasteiger partial charge is 0.412 e. The van der Waals surface area contributed by atoms with E-state index in [2.05, 4.69) is 20.9 Å². The molecule has 3 heterocycles. The highest BCUT2D eigenvalue weighted by atomic mass is 16.6. The summed E-state index contributed by atoms with van der Waals surface area (Å²) in [6, 6.07) is 22.3. The van der Waals surface area contributed by atoms with Gasteiger partial charge in [0.2, 0.25) is 6.17 Å². The lowest BCUT2D eigenvalue weighted by atomic mass is 9.82. The highest BCUT2D eigenvalue weighted by Crippen LogP contribution is 2.43. The van der Waals surface area contributed by atoms with Gasteiger partial charge >= 0.3 is 12.1 Å². The Bertz CT molecular complexity index is 1540. The van der Waals surface area contributed by atoms with Crippen molar-refractivity contribution >= 4 is 40.8 Å². The molecule has 1 saturated heterocycles. The molecule has 0 aliphatic carbocycles. The highest BCUT2D eigenvalue weighted by molar-refractivity contribution is 6.14. The number of likely N-dealkylation sites (tertiary alicyclic amines) is 1. The van der Waals surface area contributed by atoms with Crippen LogP contribution in [0.3, 0.4) is 0 Å². The van der Waals surface area contributed by atoms with Crippen molar-refractivity contribution in [2.75, 3.05) is 42.2 Å². The Morgan fingerprint density at radius 3 is 2.61 bits per heavy atom. The monoisotopic (exact) mass is 552 g/mol. The Hall–Kier alpha value is -4.70. The van der Waals surface area contributed by atoms with Crippen molar-refractivity contribution in [3.63, 3.8) is 0 Å². The lowest BCUT2D eigenvalue weighted by Gasteiger charge is -2.44. The summed E-state index contributed by atoms with van der Waals surface area (Å²) in [6.45, 7) is 3.74. The number of ether oxygens (including phenoxy) is 1. The number of hydrogen-bond donors (Lipinski definition) is 3. The van der Waals surface area contributed by atoms with E-state index in [0.717, 1.165) is 28.1 Å². The van der Waals surface area contributed by atoms with Gasteiger partial charge in [-0.15, -0.1) is 0 Å². The lowest BCUT2D eigenvalue weighted by molar-refractivity contribution is -0.119. The minimum absolute atomic E-state index is 0.331. The number of urea groups is 1. The number of piperidine rings is 1. The van der Waals surface area contributed by atoms with Crippen LogP contribution in [0.2, 0.25) is 0 Å². The number of benzene rings is 3. The predicted molar refractivity (Wildman–Crippen MR) is 157 cm³/mol. The van der Waals surface area contributed by atoms with E-state index in [0.29, 0.717) is 43.9 Å². The molecule has 1 atom stereocenters. The van der Waals surface area contributed by atoms with Crippen LogP contribution in [-0.2, 0) is 15.1 Å². The van der Waals surface area contributed by atoms with Crippen LogP contribution in [0.1, 0.15) is 29.5 Å². The first-order chi connectivity index (χ1) is 19.8. The van der Waals surface area contributed by atoms with E-state index >= 15 is 0 Å². The van der Waals surface area contributed by atoms with Crippen LogP contribution in [0.5, 0.6) is 0 Å². The van der Waals surface area contributed by atoms with Crippen LogP contribution in [0.4, 0.5) is 26.7 Å². The van der Waals surface area contributed by atoms with Crippen LogP contribution < -0.4 is 20.9 Å². The summed E-state index contributed by atoms with van der Waals surface area (Å²) in [5.74, 6) is -0.331. The zero-order valence-electron chi connectivity index (χ0n) is 23.0. The fourth-order valence-electron chi connectivity index (χ4n) is 5.84. The molecule has 41 heavy (non-hydrogen) atoms. The molecule has 10 heteroatoms. The number of rotatable bonds is 4. The largest absolute Gasteiger partial charge is 0.438 e. The molecule has 0 bridgehead atoms. The molecule has 3 aromatic rings. The Morgan fingerprint density at radius 1 is 1.05 bits per heavy atom. The summed E-state index contributed by atoms with van der Waals surface area (Å²) in [4.78, 5) is 47.3. The second-order valence-corrected chi connectivity index (χ2v) is 10.7. The standard InChI is InChI=1S/C31H32N6O4/c1-20-8-7-9-21(18-20)32-29(39)35-27-28(38)36(2)26-13-6-3-10-22(26)25(33-27)19-37-16-14-31(15-17-37)23-11-4-5-12-24(23)34-30(40)41-31/h3-13,18,27H,14-17,19H2,1-2H3,(H,34,40)(H2,32,35,39). The molecule has 3 N–H and O–H groups in total. The Morgan fingerprint density at radius 2 is 1.80 bits per heavy atom. The fourth-order valence-corrected chi connectivity index (χ4v) is 5.84. The molecule has 6 rings (SSSR count). The quantitative estimate of drug-likeness (QED) is 0.442. The number of anilines is 3. The van der Waals surface area contributed by atoms with E-state index in [1.54, 1.807) is 18.0 Å². The normalized spacial score (nSPS) is 19.7. The maximum absolute atomic E-state index is 13.4. The van der Waals surface area contributed by atoms with Crippen molar-refractivity contribution in [2.24, 2.45) is 4.99 Å². The third kappa shape index (κ3) is 5.26. The van der Waals surface area contributed by atoms with Gasteiger partial charge in [-0.25, -0.2) is 9.59 Å². The Labute approximate surface area is 238 Å². The van der Waals surface area contributed by atoms with Crippen LogP contribution in [0.15, 0.2) is 77.8 Å². The van der Waals surface area contributed by atoms with Crippen molar-refractivity contribution in [3.05, 3.63) is 89.5 Å². The number of amides is 4. The van der Waals surface area contributed by atoms with E-state index in [1.807, 2.05) is 73.7 Å². The third-order valence-corrected chi connectivity index (χ3v) is 7.95. The number of para-hydroxylation sites is 2. The van der Waals surface area contributed by atoms with E-state index < -0.39 is 23.9 Å². The van der Waals surface area contributed by atoms with Gasteiger partial charge in [0.25, 0.3) is 5.91 Å². The van der Waals surface area contributed by atoms with Crippen molar-refractivity contribution in [1.82, 2.24) is 10.2 Å². The summed E-state index contributed by atoms with van der Waals surface area (Å²) in [7, 11) is 1.69. The number of aryl methyl sites for hydroxylation is 1. The average molecular weight is 553 g/mol. The predicted octanol–water partition coefficient (Wildman–Crippen LogP) is 4.46. The fraction of sp³-hybridized carbons (Fsp3) is 0.290. The first-order valence-electron chi connectivity index (χ1n) is 13.7. The third-order valence-electron chi connectivity index (χ3n) is 7.95. The number of aliphatic imine (C=N–C) groups is 1. The molecule has 0 saturated carbocycles. The summed E-state index contributed by atoms with van der Waals surface area (Å²) in [5, 5.41) is 8.36. The molecule has 0 aromatic heterocycles. The molecule has 3 aromatic carbocycles. The Kier molecular flexibility index (Phi) is 6.92. The van der Waals surface area contributed by atoms with Gasteiger partial charge in [-0.1, -0.05) is 48.5 Å². The molecule has 3 aliphatic heterocycles. The van der Waals surface area contributed by atoms with Gasteiger partial charge in [0.15, 0.2) is 0 Å². The SMILES string of the molecule is Cc1cccc(NC(=O)NC2N=C(CN3CCC4(CC3)OC(=O)Nc3ccccc34)c3ccccc3N(C)C2=O)c1. The van der Waals surface area contributed by atoms with Gasteiger partial charge in [0.1, 0.15) is 5.60 Å². The van der Waals surface area contributed by atoms with Crippen molar-refractivity contribution in [3.8, 4) is 0 Å². The maximum atomic E-state index is 13.4. The maximum Gasteiger partial charge on any atom is 0.412 e. The van der Waals surface area contributed by atoms with Crippen LogP contribution >= 0.6 is 0 Å². The average Bonchev–Trinajstić information content (AvgIpc) is 3.05. The first kappa shape index (κ1) is 26.5. The van der Waals surface area contributed by atoms with Gasteiger partial charge in [-0.3, -0.25) is 20.0 Å². The van der Waals surface area contributed by atoms with Crippen molar-refractivity contribution < 1.29 is 19.1 Å². The molecule has 10 nitrogen and oxygen atoms in total. The Balaban J connectivity index is 1.23. The minimum Gasteiger partial charge on any atom is -0.438 e. The number of likely N-dealkylation sites (N-methyl/N-ethyl adjacent to an activating group) is 1. The molecule has 1 spiro atoms. The van der Waals surface area contributed by atoms with E-state index in [9.17, 15) is 14.4 Å². The zero-order chi connectivity index (χ0) is 28.6. The summed E-state index contributed by atoms with van der Waals surface area (Å²) >= 11 is 0. The van der Waals surface area contributed by atoms with Gasteiger partial charge in [-0.2, -0.15) is 0 Å². The number of nitrogens with zero attached hydrogens (tertiary/aromatic N) is 3. The molecular weight excluding hydrogens is 520 g/mol. The summed E-state index contributed by atoms with van der Waals surface area (Å²) < 4.78 is 5.89. The van der Waals surface area contributed by atoms with E-state index in [1.165, 1.54) is 0 Å². The van der Waals surface area contributed by atoms with Crippen LogP contribution in [0.25, 0.3) is 0 Å². The summed E-state index contributed by atoms with van der Waals surface area (Å²) in [5.41, 5.74) is 5.03. The minimum atomic E-state index is -1.10. The molecule has 4 amide bonds. The molecule has 210 valence electrons. The lowest BCUT2D eigenvalue weighted by Crippen LogP contribution is -2.49.